The number of methoxy groups -OCH3 is 1. The molecule has 20 heavy (non-hydrogen) atoms. The average molecular weight is 411 g/mol. The van der Waals surface area contributed by atoms with E-state index in [9.17, 15) is 5.11 Å². The third kappa shape index (κ3) is 6.54. The Kier molecular flexibility index (Phi) is 7.47. The Morgan fingerprint density at radius 3 is 2.35 bits per heavy atom. The SMILES string of the molecule is COCCNCc1cc(Br)c(OCC(C)(C)O)c(Br)c1. The van der Waals surface area contributed by atoms with Crippen molar-refractivity contribution in [1.29, 1.82) is 0 Å². The standard InChI is InChI=1S/C14H21Br2NO3/c1-14(2,18)9-20-13-11(15)6-10(7-12(13)16)8-17-4-5-19-3/h6-7,17-18H,4-5,8-9H2,1-3H3. The summed E-state index contributed by atoms with van der Waals surface area (Å²) in [6.45, 7) is 5.91. The molecule has 0 aliphatic carbocycles. The first kappa shape index (κ1) is 17.9. The summed E-state index contributed by atoms with van der Waals surface area (Å²) >= 11 is 7.00. The fraction of sp³-hybridized carbons (Fsp3) is 0.571. The normalized spacial score (nSPS) is 11.7. The van der Waals surface area contributed by atoms with Gasteiger partial charge in [-0.1, -0.05) is 0 Å². The van der Waals surface area contributed by atoms with E-state index in [1.54, 1.807) is 21.0 Å². The van der Waals surface area contributed by atoms with E-state index in [1.165, 1.54) is 0 Å². The largest absolute Gasteiger partial charge is 0.488 e. The van der Waals surface area contributed by atoms with E-state index < -0.39 is 5.60 Å². The van der Waals surface area contributed by atoms with Crippen LogP contribution in [0.25, 0.3) is 0 Å². The third-order valence-corrected chi connectivity index (χ3v) is 3.62. The Morgan fingerprint density at radius 1 is 1.25 bits per heavy atom. The summed E-state index contributed by atoms with van der Waals surface area (Å²) in [5, 5.41) is 13.0. The van der Waals surface area contributed by atoms with Gasteiger partial charge in [0.05, 0.1) is 21.2 Å². The van der Waals surface area contributed by atoms with Crippen LogP contribution in [0.4, 0.5) is 0 Å². The zero-order valence-electron chi connectivity index (χ0n) is 12.0. The number of halogens is 2. The van der Waals surface area contributed by atoms with Gasteiger partial charge in [-0.2, -0.15) is 0 Å². The molecule has 0 fully saturated rings. The smallest absolute Gasteiger partial charge is 0.147 e. The van der Waals surface area contributed by atoms with E-state index in [0.29, 0.717) is 12.4 Å². The molecule has 4 nitrogen and oxygen atoms in total. The van der Waals surface area contributed by atoms with Gasteiger partial charge in [0.25, 0.3) is 0 Å². The second kappa shape index (κ2) is 8.34. The van der Waals surface area contributed by atoms with Gasteiger partial charge in [-0.05, 0) is 63.4 Å². The number of hydrogen-bond acceptors (Lipinski definition) is 4. The second-order valence-corrected chi connectivity index (χ2v) is 6.87. The molecule has 0 radical (unpaired) electrons. The molecule has 0 amide bonds. The fourth-order valence-corrected chi connectivity index (χ4v) is 3.02. The van der Waals surface area contributed by atoms with Crippen molar-refractivity contribution in [1.82, 2.24) is 5.32 Å². The van der Waals surface area contributed by atoms with Crippen molar-refractivity contribution in [2.24, 2.45) is 0 Å². The predicted octanol–water partition coefficient (Wildman–Crippen LogP) is 3.10. The van der Waals surface area contributed by atoms with Gasteiger partial charge in [-0.3, -0.25) is 0 Å². The minimum Gasteiger partial charge on any atom is -0.488 e. The molecule has 1 aromatic rings. The number of rotatable bonds is 8. The molecule has 0 unspecified atom stereocenters. The summed E-state index contributed by atoms with van der Waals surface area (Å²) in [5.74, 6) is 0.702. The lowest BCUT2D eigenvalue weighted by Crippen LogP contribution is -2.28. The van der Waals surface area contributed by atoms with Crippen LogP contribution in [-0.4, -0.2) is 37.6 Å². The predicted molar refractivity (Wildman–Crippen MR) is 87.2 cm³/mol. The van der Waals surface area contributed by atoms with E-state index in [-0.39, 0.29) is 6.61 Å². The van der Waals surface area contributed by atoms with Gasteiger partial charge in [-0.25, -0.2) is 0 Å². The highest BCUT2D eigenvalue weighted by molar-refractivity contribution is 9.11. The lowest BCUT2D eigenvalue weighted by molar-refractivity contribution is 0.0279. The lowest BCUT2D eigenvalue weighted by atomic mass is 10.1. The summed E-state index contributed by atoms with van der Waals surface area (Å²) < 4.78 is 12.4. The fourth-order valence-electron chi connectivity index (χ4n) is 1.51. The molecule has 0 heterocycles. The van der Waals surface area contributed by atoms with Crippen LogP contribution in [0.3, 0.4) is 0 Å². The molecule has 0 bridgehead atoms. The maximum atomic E-state index is 9.70. The first-order valence-electron chi connectivity index (χ1n) is 6.36. The van der Waals surface area contributed by atoms with Gasteiger partial charge in [0.2, 0.25) is 0 Å². The van der Waals surface area contributed by atoms with Crippen molar-refractivity contribution in [3.05, 3.63) is 26.6 Å². The molecular weight excluding hydrogens is 390 g/mol. The molecule has 0 spiro atoms. The molecular formula is C14H21Br2NO3. The van der Waals surface area contributed by atoms with Crippen LogP contribution in [-0.2, 0) is 11.3 Å². The molecule has 2 N–H and O–H groups in total. The van der Waals surface area contributed by atoms with E-state index in [1.807, 2.05) is 12.1 Å². The third-order valence-electron chi connectivity index (χ3n) is 2.44. The second-order valence-electron chi connectivity index (χ2n) is 5.16. The van der Waals surface area contributed by atoms with Gasteiger partial charge in [0.15, 0.2) is 0 Å². The van der Waals surface area contributed by atoms with E-state index >= 15 is 0 Å². The zero-order chi connectivity index (χ0) is 15.2. The summed E-state index contributed by atoms with van der Waals surface area (Å²) in [7, 11) is 1.68. The summed E-state index contributed by atoms with van der Waals surface area (Å²) in [6, 6.07) is 4.01. The maximum absolute atomic E-state index is 9.70. The van der Waals surface area contributed by atoms with Crippen molar-refractivity contribution in [2.75, 3.05) is 26.9 Å². The van der Waals surface area contributed by atoms with Gasteiger partial charge in [-0.15, -0.1) is 0 Å². The molecule has 1 rings (SSSR count). The van der Waals surface area contributed by atoms with Crippen LogP contribution >= 0.6 is 31.9 Å². The van der Waals surface area contributed by atoms with Gasteiger partial charge in [0, 0.05) is 20.2 Å². The Hall–Kier alpha value is -0.140. The summed E-state index contributed by atoms with van der Waals surface area (Å²) in [5.41, 5.74) is 0.273. The number of ether oxygens (including phenoxy) is 2. The minimum atomic E-state index is -0.862. The average Bonchev–Trinajstić information content (AvgIpc) is 2.32. The highest BCUT2D eigenvalue weighted by Crippen LogP contribution is 2.35. The van der Waals surface area contributed by atoms with E-state index in [4.69, 9.17) is 9.47 Å². The lowest BCUT2D eigenvalue weighted by Gasteiger charge is -2.19. The van der Waals surface area contributed by atoms with Crippen LogP contribution < -0.4 is 10.1 Å². The molecule has 0 aliphatic heterocycles. The van der Waals surface area contributed by atoms with Crippen molar-refractivity contribution in [2.45, 2.75) is 26.0 Å². The Balaban J connectivity index is 2.66. The Bertz CT molecular complexity index is 410. The van der Waals surface area contributed by atoms with E-state index in [2.05, 4.69) is 37.2 Å². The quantitative estimate of drug-likeness (QED) is 0.646. The highest BCUT2D eigenvalue weighted by Gasteiger charge is 2.16. The van der Waals surface area contributed by atoms with Gasteiger partial charge >= 0.3 is 0 Å². The summed E-state index contributed by atoms with van der Waals surface area (Å²) in [4.78, 5) is 0. The van der Waals surface area contributed by atoms with Crippen LogP contribution in [0.15, 0.2) is 21.1 Å². The molecule has 114 valence electrons. The molecule has 0 saturated heterocycles. The first-order chi connectivity index (χ1) is 9.33. The Morgan fingerprint density at radius 2 is 1.85 bits per heavy atom. The zero-order valence-corrected chi connectivity index (χ0v) is 15.2. The number of aliphatic hydroxyl groups is 1. The maximum Gasteiger partial charge on any atom is 0.147 e. The van der Waals surface area contributed by atoms with Crippen molar-refractivity contribution in [3.63, 3.8) is 0 Å². The molecule has 0 saturated carbocycles. The number of benzene rings is 1. The minimum absolute atomic E-state index is 0.232. The molecule has 0 aromatic heterocycles. The van der Waals surface area contributed by atoms with Crippen LogP contribution in [0.5, 0.6) is 5.75 Å². The summed E-state index contributed by atoms with van der Waals surface area (Å²) in [6.07, 6.45) is 0. The molecule has 6 heteroatoms. The van der Waals surface area contributed by atoms with Gasteiger partial charge < -0.3 is 19.9 Å². The van der Waals surface area contributed by atoms with Crippen molar-refractivity contribution >= 4 is 31.9 Å². The van der Waals surface area contributed by atoms with Gasteiger partial charge in [0.1, 0.15) is 12.4 Å². The molecule has 1 aromatic carbocycles. The van der Waals surface area contributed by atoms with Crippen LogP contribution in [0.2, 0.25) is 0 Å². The number of hydrogen-bond donors (Lipinski definition) is 2. The molecule has 0 atom stereocenters. The topological polar surface area (TPSA) is 50.7 Å². The molecule has 0 aliphatic rings. The van der Waals surface area contributed by atoms with Crippen molar-refractivity contribution < 1.29 is 14.6 Å². The highest BCUT2D eigenvalue weighted by atomic mass is 79.9. The number of nitrogens with one attached hydrogen (secondary N) is 1. The van der Waals surface area contributed by atoms with Crippen LogP contribution in [0.1, 0.15) is 19.4 Å². The monoisotopic (exact) mass is 409 g/mol. The van der Waals surface area contributed by atoms with Crippen molar-refractivity contribution in [3.8, 4) is 5.75 Å². The Labute approximate surface area is 137 Å². The first-order valence-corrected chi connectivity index (χ1v) is 7.95. The van der Waals surface area contributed by atoms with Crippen LogP contribution in [0, 0.1) is 0 Å². The van der Waals surface area contributed by atoms with E-state index in [0.717, 1.165) is 27.6 Å².